The Morgan fingerprint density at radius 3 is 2.38 bits per heavy atom. The first-order chi connectivity index (χ1) is 14.0. The van der Waals surface area contributed by atoms with Gasteiger partial charge in [0.2, 0.25) is 11.8 Å². The number of amides is 2. The van der Waals surface area contributed by atoms with Crippen LogP contribution in [0.4, 0.5) is 8.78 Å². The van der Waals surface area contributed by atoms with Gasteiger partial charge in [-0.05, 0) is 12.1 Å². The minimum absolute atomic E-state index is 0.117. The molecule has 9 heteroatoms. The van der Waals surface area contributed by atoms with E-state index in [9.17, 15) is 18.4 Å². The lowest BCUT2D eigenvalue weighted by molar-refractivity contribution is -0.137. The van der Waals surface area contributed by atoms with Crippen molar-refractivity contribution in [1.29, 1.82) is 0 Å². The standard InChI is InChI=1S/C20H16F2N4O2S/c21-14-6-7-16(15(22)12-14)26-19(13-4-2-1-3-5-13)23-24-20(26)29-11-10-25-17(27)8-9-18(25)28/h1-7,12H,8-11H2. The van der Waals surface area contributed by atoms with Gasteiger partial charge in [-0.1, -0.05) is 42.1 Å². The van der Waals surface area contributed by atoms with Crippen molar-refractivity contribution in [2.24, 2.45) is 0 Å². The molecule has 3 aromatic rings. The van der Waals surface area contributed by atoms with Gasteiger partial charge in [0, 0.05) is 36.8 Å². The normalized spacial score (nSPS) is 14.1. The Balaban J connectivity index is 1.66. The van der Waals surface area contributed by atoms with Gasteiger partial charge in [-0.25, -0.2) is 8.78 Å². The van der Waals surface area contributed by atoms with Crippen LogP contribution < -0.4 is 0 Å². The molecule has 0 spiro atoms. The minimum Gasteiger partial charge on any atom is -0.282 e. The summed E-state index contributed by atoms with van der Waals surface area (Å²) >= 11 is 1.24. The first kappa shape index (κ1) is 19.3. The zero-order valence-corrected chi connectivity index (χ0v) is 16.0. The summed E-state index contributed by atoms with van der Waals surface area (Å²) in [5, 5.41) is 8.74. The van der Waals surface area contributed by atoms with Crippen LogP contribution >= 0.6 is 11.8 Å². The Labute approximate surface area is 169 Å². The van der Waals surface area contributed by atoms with E-state index in [4.69, 9.17) is 0 Å². The molecule has 2 amide bonds. The van der Waals surface area contributed by atoms with Crippen molar-refractivity contribution in [2.45, 2.75) is 18.0 Å². The number of thioether (sulfide) groups is 1. The van der Waals surface area contributed by atoms with Gasteiger partial charge in [0.1, 0.15) is 11.6 Å². The van der Waals surface area contributed by atoms with Crippen LogP contribution in [-0.2, 0) is 9.59 Å². The van der Waals surface area contributed by atoms with E-state index in [2.05, 4.69) is 10.2 Å². The molecule has 6 nitrogen and oxygen atoms in total. The summed E-state index contributed by atoms with van der Waals surface area (Å²) in [4.78, 5) is 24.7. The Morgan fingerprint density at radius 1 is 0.966 bits per heavy atom. The summed E-state index contributed by atoms with van der Waals surface area (Å²) in [5.74, 6) is -1.01. The predicted octanol–water partition coefficient (Wildman–Crippen LogP) is 3.45. The summed E-state index contributed by atoms with van der Waals surface area (Å²) in [6.45, 7) is 0.238. The van der Waals surface area contributed by atoms with E-state index in [-0.39, 0.29) is 36.9 Å². The third-order valence-corrected chi connectivity index (χ3v) is 5.43. The molecule has 1 saturated heterocycles. The molecule has 2 heterocycles. The summed E-state index contributed by atoms with van der Waals surface area (Å²) in [6.07, 6.45) is 0.470. The van der Waals surface area contributed by atoms with Crippen LogP contribution in [0.25, 0.3) is 17.1 Å². The first-order valence-corrected chi connectivity index (χ1v) is 9.95. The lowest BCUT2D eigenvalue weighted by Gasteiger charge is -2.14. The highest BCUT2D eigenvalue weighted by Gasteiger charge is 2.28. The highest BCUT2D eigenvalue weighted by atomic mass is 32.2. The van der Waals surface area contributed by atoms with Gasteiger partial charge in [-0.3, -0.25) is 19.1 Å². The number of likely N-dealkylation sites (tertiary alicyclic amines) is 1. The highest BCUT2D eigenvalue weighted by molar-refractivity contribution is 7.99. The molecule has 0 N–H and O–H groups in total. The molecule has 1 aliphatic rings. The van der Waals surface area contributed by atoms with E-state index in [0.717, 1.165) is 11.6 Å². The molecule has 2 aromatic carbocycles. The highest BCUT2D eigenvalue weighted by Crippen LogP contribution is 2.29. The molecule has 1 aromatic heterocycles. The molecule has 0 radical (unpaired) electrons. The van der Waals surface area contributed by atoms with Crippen LogP contribution in [0.2, 0.25) is 0 Å². The fourth-order valence-corrected chi connectivity index (χ4v) is 3.99. The average Bonchev–Trinajstić information content (AvgIpc) is 3.27. The number of hydrogen-bond acceptors (Lipinski definition) is 5. The molecule has 4 rings (SSSR count). The number of benzene rings is 2. The third-order valence-electron chi connectivity index (χ3n) is 4.52. The molecule has 1 aliphatic heterocycles. The maximum absolute atomic E-state index is 14.5. The number of imide groups is 1. The van der Waals surface area contributed by atoms with Crippen LogP contribution in [0.3, 0.4) is 0 Å². The van der Waals surface area contributed by atoms with Gasteiger partial charge in [0.15, 0.2) is 11.0 Å². The van der Waals surface area contributed by atoms with Crippen LogP contribution in [0.15, 0.2) is 53.7 Å². The van der Waals surface area contributed by atoms with Crippen molar-refractivity contribution in [2.75, 3.05) is 12.3 Å². The lowest BCUT2D eigenvalue weighted by Crippen LogP contribution is -2.31. The Morgan fingerprint density at radius 2 is 1.69 bits per heavy atom. The zero-order valence-electron chi connectivity index (χ0n) is 15.2. The molecular weight excluding hydrogens is 398 g/mol. The van der Waals surface area contributed by atoms with Crippen molar-refractivity contribution in [1.82, 2.24) is 19.7 Å². The molecule has 0 aliphatic carbocycles. The molecular formula is C20H16F2N4O2S. The summed E-state index contributed by atoms with van der Waals surface area (Å²) < 4.78 is 29.5. The number of nitrogens with zero attached hydrogens (tertiary/aromatic N) is 4. The van der Waals surface area contributed by atoms with Crippen molar-refractivity contribution in [3.8, 4) is 17.1 Å². The van der Waals surface area contributed by atoms with Crippen LogP contribution in [0.5, 0.6) is 0 Å². The quantitative estimate of drug-likeness (QED) is 0.457. The Hall–Kier alpha value is -3.07. The molecule has 29 heavy (non-hydrogen) atoms. The Bertz CT molecular complexity index is 1060. The maximum Gasteiger partial charge on any atom is 0.229 e. The lowest BCUT2D eigenvalue weighted by atomic mass is 10.2. The van der Waals surface area contributed by atoms with E-state index in [1.807, 2.05) is 30.3 Å². The fraction of sp³-hybridized carbons (Fsp3) is 0.200. The maximum atomic E-state index is 14.5. The first-order valence-electron chi connectivity index (χ1n) is 8.97. The van der Waals surface area contributed by atoms with E-state index in [0.29, 0.717) is 16.7 Å². The minimum atomic E-state index is -0.742. The second kappa shape index (κ2) is 8.12. The summed E-state index contributed by atoms with van der Waals surface area (Å²) in [7, 11) is 0. The van der Waals surface area contributed by atoms with Crippen molar-refractivity contribution < 1.29 is 18.4 Å². The monoisotopic (exact) mass is 414 g/mol. The topological polar surface area (TPSA) is 68.1 Å². The average molecular weight is 414 g/mol. The van der Waals surface area contributed by atoms with E-state index in [1.54, 1.807) is 0 Å². The van der Waals surface area contributed by atoms with E-state index >= 15 is 0 Å². The number of halogens is 2. The second-order valence-corrected chi connectivity index (χ2v) is 7.45. The molecule has 0 unspecified atom stereocenters. The van der Waals surface area contributed by atoms with Crippen molar-refractivity contribution in [3.05, 3.63) is 60.2 Å². The van der Waals surface area contributed by atoms with Gasteiger partial charge in [0.05, 0.1) is 5.69 Å². The fourth-order valence-electron chi connectivity index (χ4n) is 3.12. The molecule has 0 bridgehead atoms. The van der Waals surface area contributed by atoms with Crippen LogP contribution in [0, 0.1) is 11.6 Å². The van der Waals surface area contributed by atoms with Gasteiger partial charge >= 0.3 is 0 Å². The van der Waals surface area contributed by atoms with E-state index in [1.165, 1.54) is 33.4 Å². The van der Waals surface area contributed by atoms with Crippen molar-refractivity contribution in [3.63, 3.8) is 0 Å². The summed E-state index contributed by atoms with van der Waals surface area (Å²) in [5.41, 5.74) is 0.839. The SMILES string of the molecule is O=C1CCC(=O)N1CCSc1nnc(-c2ccccc2)n1-c1ccc(F)cc1F. The smallest absolute Gasteiger partial charge is 0.229 e. The number of carbonyl (C=O) groups is 2. The van der Waals surface area contributed by atoms with Crippen LogP contribution in [0.1, 0.15) is 12.8 Å². The number of rotatable bonds is 6. The number of hydrogen-bond donors (Lipinski definition) is 0. The van der Waals surface area contributed by atoms with Crippen molar-refractivity contribution >= 4 is 23.6 Å². The van der Waals surface area contributed by atoms with Gasteiger partial charge in [-0.15, -0.1) is 10.2 Å². The van der Waals surface area contributed by atoms with Gasteiger partial charge in [-0.2, -0.15) is 0 Å². The molecule has 0 atom stereocenters. The van der Waals surface area contributed by atoms with Gasteiger partial charge in [0.25, 0.3) is 0 Å². The number of carbonyl (C=O) groups excluding carboxylic acids is 2. The molecule has 1 fully saturated rings. The largest absolute Gasteiger partial charge is 0.282 e. The second-order valence-electron chi connectivity index (χ2n) is 6.39. The predicted molar refractivity (Wildman–Crippen MR) is 103 cm³/mol. The molecule has 148 valence electrons. The van der Waals surface area contributed by atoms with Crippen LogP contribution in [-0.4, -0.2) is 43.8 Å². The van der Waals surface area contributed by atoms with Gasteiger partial charge < -0.3 is 0 Å². The summed E-state index contributed by atoms with van der Waals surface area (Å²) in [6, 6.07) is 12.4. The number of aromatic nitrogens is 3. The third kappa shape index (κ3) is 3.91. The zero-order chi connectivity index (χ0) is 20.4. The Kier molecular flexibility index (Phi) is 5.39. The van der Waals surface area contributed by atoms with E-state index < -0.39 is 11.6 Å². The molecule has 0 saturated carbocycles.